The third kappa shape index (κ3) is 4.10. The van der Waals surface area contributed by atoms with Crippen molar-refractivity contribution in [2.24, 2.45) is 0 Å². The minimum absolute atomic E-state index is 0.114. The van der Waals surface area contributed by atoms with E-state index in [9.17, 15) is 26.3 Å². The summed E-state index contributed by atoms with van der Waals surface area (Å²) in [6, 6.07) is 4.65. The van der Waals surface area contributed by atoms with Crippen LogP contribution in [0.15, 0.2) is 18.2 Å². The molecule has 0 amide bonds. The summed E-state index contributed by atoms with van der Waals surface area (Å²) in [5.41, 5.74) is 2.36. The number of aromatic amines is 1. The number of ether oxygens (including phenoxy) is 1. The monoisotopic (exact) mass is 491 g/mol. The molecule has 0 spiro atoms. The quantitative estimate of drug-likeness (QED) is 0.502. The third-order valence-corrected chi connectivity index (χ3v) is 6.12. The lowest BCUT2D eigenvalue weighted by Crippen LogP contribution is -2.41. The van der Waals surface area contributed by atoms with Crippen LogP contribution in [0, 0.1) is 0 Å². The summed E-state index contributed by atoms with van der Waals surface area (Å²) in [4.78, 5) is 14.0. The first-order chi connectivity index (χ1) is 15.5. The highest BCUT2D eigenvalue weighted by Crippen LogP contribution is 2.41. The number of alkyl halides is 6. The van der Waals surface area contributed by atoms with Gasteiger partial charge >= 0.3 is 12.4 Å². The predicted molar refractivity (Wildman–Crippen MR) is 106 cm³/mol. The molecule has 4 heterocycles. The summed E-state index contributed by atoms with van der Waals surface area (Å²) in [7, 11) is 0. The summed E-state index contributed by atoms with van der Waals surface area (Å²) in [5, 5.41) is 1.38. The normalized spacial score (nSPS) is 21.2. The summed E-state index contributed by atoms with van der Waals surface area (Å²) < 4.78 is 85.4. The van der Waals surface area contributed by atoms with E-state index < -0.39 is 36.0 Å². The molecule has 176 valence electrons. The number of hydrogen-bond acceptors (Lipinski definition) is 5. The zero-order valence-corrected chi connectivity index (χ0v) is 17.5. The predicted octanol–water partition coefficient (Wildman–Crippen LogP) is 5.33. The molecule has 2 aromatic heterocycles. The molecule has 5 rings (SSSR count). The number of hydrogen-bond donors (Lipinski definition) is 1. The van der Waals surface area contributed by atoms with Gasteiger partial charge in [0.15, 0.2) is 0 Å². The molecule has 2 aliphatic heterocycles. The van der Waals surface area contributed by atoms with Gasteiger partial charge in [-0.1, -0.05) is 11.6 Å². The number of rotatable bonds is 3. The van der Waals surface area contributed by atoms with Crippen molar-refractivity contribution in [2.75, 3.05) is 18.1 Å². The van der Waals surface area contributed by atoms with Crippen LogP contribution in [0.3, 0.4) is 0 Å². The van der Waals surface area contributed by atoms with Crippen LogP contribution in [0.4, 0.5) is 32.3 Å². The van der Waals surface area contributed by atoms with E-state index in [2.05, 4.69) is 19.9 Å². The molecular weight excluding hydrogens is 476 g/mol. The Labute approximate surface area is 187 Å². The van der Waals surface area contributed by atoms with Gasteiger partial charge in [0.2, 0.25) is 17.6 Å². The van der Waals surface area contributed by atoms with E-state index >= 15 is 0 Å². The number of halogens is 7. The molecule has 1 aromatic carbocycles. The molecule has 2 unspecified atom stereocenters. The van der Waals surface area contributed by atoms with Crippen molar-refractivity contribution in [2.45, 2.75) is 43.8 Å². The van der Waals surface area contributed by atoms with E-state index in [0.29, 0.717) is 30.2 Å². The smallest absolute Gasteiger partial charge is 0.378 e. The van der Waals surface area contributed by atoms with Crippen LogP contribution >= 0.6 is 11.6 Å². The Morgan fingerprint density at radius 2 is 1.73 bits per heavy atom. The fraction of sp³-hybridized carbons (Fsp3) is 0.450. The van der Waals surface area contributed by atoms with E-state index in [1.807, 2.05) is 0 Å². The fourth-order valence-electron chi connectivity index (χ4n) is 4.29. The molecule has 0 radical (unpaired) electrons. The van der Waals surface area contributed by atoms with E-state index in [1.165, 1.54) is 4.90 Å². The molecule has 0 saturated carbocycles. The Morgan fingerprint density at radius 3 is 2.30 bits per heavy atom. The Kier molecular flexibility index (Phi) is 5.20. The Bertz CT molecular complexity index is 1170. The highest BCUT2D eigenvalue weighted by Gasteiger charge is 2.43. The number of benzene rings is 1. The van der Waals surface area contributed by atoms with Crippen molar-refractivity contribution in [3.8, 4) is 0 Å². The number of nitrogens with one attached hydrogen (secondary N) is 1. The van der Waals surface area contributed by atoms with E-state index in [4.69, 9.17) is 16.3 Å². The van der Waals surface area contributed by atoms with Gasteiger partial charge in [-0.2, -0.15) is 36.3 Å². The Hall–Kier alpha value is -2.60. The zero-order valence-electron chi connectivity index (χ0n) is 16.8. The fourth-order valence-corrected chi connectivity index (χ4v) is 4.46. The first-order valence-electron chi connectivity index (χ1n) is 10.1. The minimum Gasteiger partial charge on any atom is -0.378 e. The molecule has 3 aromatic rings. The number of fused-ring (bicyclic) bond motifs is 3. The van der Waals surface area contributed by atoms with Crippen molar-refractivity contribution in [3.63, 3.8) is 0 Å². The SMILES string of the molecule is FC(F)(F)c1nc(N2CCc3c([nH]c4ccc(Cl)cc34)C2CC2CCO2)nc(C(F)(F)F)n1. The van der Waals surface area contributed by atoms with Gasteiger partial charge in [-0.3, -0.25) is 0 Å². The van der Waals surface area contributed by atoms with Gasteiger partial charge in [-0.25, -0.2) is 4.98 Å². The largest absolute Gasteiger partial charge is 0.451 e. The first kappa shape index (κ1) is 22.2. The van der Waals surface area contributed by atoms with Gasteiger partial charge < -0.3 is 14.6 Å². The van der Waals surface area contributed by atoms with Crippen LogP contribution < -0.4 is 4.90 Å². The van der Waals surface area contributed by atoms with Gasteiger partial charge in [0.05, 0.1) is 12.1 Å². The second kappa shape index (κ2) is 7.73. The van der Waals surface area contributed by atoms with Crippen molar-refractivity contribution >= 4 is 28.5 Å². The van der Waals surface area contributed by atoms with Crippen LogP contribution in [-0.2, 0) is 23.5 Å². The van der Waals surface area contributed by atoms with Crippen molar-refractivity contribution < 1.29 is 31.1 Å². The zero-order chi connectivity index (χ0) is 23.5. The van der Waals surface area contributed by atoms with Crippen LogP contribution in [0.5, 0.6) is 0 Å². The third-order valence-electron chi connectivity index (χ3n) is 5.88. The molecule has 33 heavy (non-hydrogen) atoms. The van der Waals surface area contributed by atoms with Crippen LogP contribution in [0.1, 0.15) is 41.8 Å². The molecule has 1 fully saturated rings. The molecule has 2 aliphatic rings. The number of aromatic nitrogens is 4. The van der Waals surface area contributed by atoms with Gasteiger partial charge in [0.25, 0.3) is 0 Å². The van der Waals surface area contributed by atoms with Crippen molar-refractivity contribution in [1.29, 1.82) is 0 Å². The minimum atomic E-state index is -5.16. The maximum absolute atomic E-state index is 13.3. The van der Waals surface area contributed by atoms with Gasteiger partial charge in [0.1, 0.15) is 0 Å². The molecule has 6 nitrogen and oxygen atoms in total. The average molecular weight is 492 g/mol. The first-order valence-corrected chi connectivity index (χ1v) is 10.5. The molecule has 1 N–H and O–H groups in total. The maximum Gasteiger partial charge on any atom is 0.451 e. The molecular formula is C20H16ClF6N5O. The van der Waals surface area contributed by atoms with Crippen LogP contribution in [0.2, 0.25) is 5.02 Å². The number of nitrogens with zero attached hydrogens (tertiary/aromatic N) is 4. The second-order valence-corrected chi connectivity index (χ2v) is 8.40. The lowest BCUT2D eigenvalue weighted by molar-refractivity contribution is -0.155. The number of H-pyrrole nitrogens is 1. The van der Waals surface area contributed by atoms with Crippen molar-refractivity contribution in [3.05, 3.63) is 46.1 Å². The van der Waals surface area contributed by atoms with Crippen molar-refractivity contribution in [1.82, 2.24) is 19.9 Å². The highest BCUT2D eigenvalue weighted by molar-refractivity contribution is 6.31. The average Bonchev–Trinajstić information content (AvgIpc) is 3.07. The Balaban J connectivity index is 1.63. The molecule has 13 heteroatoms. The molecule has 0 bridgehead atoms. The summed E-state index contributed by atoms with van der Waals surface area (Å²) in [6.07, 6.45) is -9.06. The summed E-state index contributed by atoms with van der Waals surface area (Å²) in [6.45, 7) is 0.664. The van der Waals surface area contributed by atoms with E-state index in [0.717, 1.165) is 22.9 Å². The van der Waals surface area contributed by atoms with Gasteiger partial charge in [0, 0.05) is 34.8 Å². The number of anilines is 1. The lowest BCUT2D eigenvalue weighted by Gasteiger charge is -2.39. The van der Waals surface area contributed by atoms with Gasteiger partial charge in [-0.15, -0.1) is 0 Å². The lowest BCUT2D eigenvalue weighted by atomic mass is 9.92. The Morgan fingerprint density at radius 1 is 1.06 bits per heavy atom. The van der Waals surface area contributed by atoms with Gasteiger partial charge in [-0.05, 0) is 43.0 Å². The van der Waals surface area contributed by atoms with E-state index in [1.54, 1.807) is 18.2 Å². The standard InChI is InChI=1S/C20H16ClF6N5O/c21-9-1-2-13-12(7-9)11-3-5-32(14(15(11)28-13)8-10-4-6-33-10)18-30-16(19(22,23)24)29-17(31-18)20(25,26)27/h1-2,7,10,14,28H,3-6,8H2. The summed E-state index contributed by atoms with van der Waals surface area (Å²) in [5.74, 6) is -4.43. The molecule has 0 aliphatic carbocycles. The highest BCUT2D eigenvalue weighted by atomic mass is 35.5. The molecule has 1 saturated heterocycles. The van der Waals surface area contributed by atoms with Crippen LogP contribution in [0.25, 0.3) is 10.9 Å². The topological polar surface area (TPSA) is 66.9 Å². The maximum atomic E-state index is 13.3. The van der Waals surface area contributed by atoms with E-state index in [-0.39, 0.29) is 12.6 Å². The second-order valence-electron chi connectivity index (χ2n) is 7.96. The molecule has 2 atom stereocenters. The van der Waals surface area contributed by atoms with Crippen LogP contribution in [-0.4, -0.2) is 39.2 Å². The summed E-state index contributed by atoms with van der Waals surface area (Å²) >= 11 is 6.13.